The predicted molar refractivity (Wildman–Crippen MR) is 128 cm³/mol. The number of nitrogens with one attached hydrogen (secondary N) is 2. The van der Waals surface area contributed by atoms with Gasteiger partial charge in [0.2, 0.25) is 0 Å². The summed E-state index contributed by atoms with van der Waals surface area (Å²) in [5.74, 6) is 0.862. The second kappa shape index (κ2) is 12.9. The lowest BCUT2D eigenvalue weighted by molar-refractivity contribution is -0.0679. The van der Waals surface area contributed by atoms with Crippen molar-refractivity contribution < 1.29 is 4.74 Å². The minimum Gasteiger partial charge on any atom is -0.373 e. The average molecular weight is 506 g/mol. The highest BCUT2D eigenvalue weighted by molar-refractivity contribution is 14.0. The molecule has 2 N–H and O–H groups in total. The summed E-state index contributed by atoms with van der Waals surface area (Å²) in [6.07, 6.45) is 3.89. The first-order valence-corrected chi connectivity index (χ1v) is 10.7. The van der Waals surface area contributed by atoms with Gasteiger partial charge in [-0.3, -0.25) is 9.89 Å². The van der Waals surface area contributed by atoms with Crippen LogP contribution in [0.4, 0.5) is 0 Å². The molecule has 1 fully saturated rings. The van der Waals surface area contributed by atoms with Crippen molar-refractivity contribution in [1.29, 1.82) is 0 Å². The SMILES string of the molecule is CN=C(NCCCN1CC(C)OC(C)C1)NCc1ccc(C)cc1SC.I. The summed E-state index contributed by atoms with van der Waals surface area (Å²) in [4.78, 5) is 8.16. The van der Waals surface area contributed by atoms with E-state index in [0.29, 0.717) is 12.2 Å². The van der Waals surface area contributed by atoms with Gasteiger partial charge in [0.1, 0.15) is 0 Å². The molecule has 154 valence electrons. The Kier molecular flexibility index (Phi) is 11.7. The Balaban J connectivity index is 0.00000364. The van der Waals surface area contributed by atoms with Crippen molar-refractivity contribution in [2.45, 2.75) is 50.8 Å². The van der Waals surface area contributed by atoms with Crippen LogP contribution in [0.15, 0.2) is 28.1 Å². The monoisotopic (exact) mass is 506 g/mol. The third-order valence-corrected chi connectivity index (χ3v) is 5.37. The highest BCUT2D eigenvalue weighted by Gasteiger charge is 2.21. The number of morpholine rings is 1. The molecular formula is C20H35IN4OS. The van der Waals surface area contributed by atoms with Crippen LogP contribution in [0.5, 0.6) is 0 Å². The predicted octanol–water partition coefficient (Wildman–Crippen LogP) is 3.50. The van der Waals surface area contributed by atoms with E-state index in [9.17, 15) is 0 Å². The minimum atomic E-state index is 0. The van der Waals surface area contributed by atoms with Crippen LogP contribution in [0, 0.1) is 6.92 Å². The van der Waals surface area contributed by atoms with Crippen LogP contribution in [0.1, 0.15) is 31.4 Å². The van der Waals surface area contributed by atoms with Gasteiger partial charge in [0.25, 0.3) is 0 Å². The van der Waals surface area contributed by atoms with Crippen molar-refractivity contribution >= 4 is 41.7 Å². The van der Waals surface area contributed by atoms with E-state index >= 15 is 0 Å². The van der Waals surface area contributed by atoms with Crippen LogP contribution in [-0.4, -0.2) is 62.5 Å². The van der Waals surface area contributed by atoms with Gasteiger partial charge in [-0.2, -0.15) is 0 Å². The van der Waals surface area contributed by atoms with Crippen LogP contribution in [0.3, 0.4) is 0 Å². The first-order chi connectivity index (χ1) is 12.5. The molecule has 1 aromatic rings. The molecule has 0 radical (unpaired) electrons. The normalized spacial score (nSPS) is 20.9. The first kappa shape index (κ1) is 24.5. The van der Waals surface area contributed by atoms with E-state index in [1.54, 1.807) is 11.8 Å². The zero-order chi connectivity index (χ0) is 18.9. The molecular weight excluding hydrogens is 471 g/mol. The minimum absolute atomic E-state index is 0. The van der Waals surface area contributed by atoms with E-state index < -0.39 is 0 Å². The van der Waals surface area contributed by atoms with E-state index in [1.165, 1.54) is 16.0 Å². The average Bonchev–Trinajstić information content (AvgIpc) is 2.61. The maximum absolute atomic E-state index is 5.79. The Morgan fingerprint density at radius 3 is 2.59 bits per heavy atom. The number of halogens is 1. The molecule has 7 heteroatoms. The molecule has 0 aliphatic carbocycles. The lowest BCUT2D eigenvalue weighted by Gasteiger charge is -2.35. The van der Waals surface area contributed by atoms with Gasteiger partial charge in [0.05, 0.1) is 12.2 Å². The van der Waals surface area contributed by atoms with Crippen molar-refractivity contribution in [3.05, 3.63) is 29.3 Å². The first-order valence-electron chi connectivity index (χ1n) is 9.47. The fraction of sp³-hybridized carbons (Fsp3) is 0.650. The number of ether oxygens (including phenoxy) is 1. The van der Waals surface area contributed by atoms with E-state index in [0.717, 1.165) is 45.1 Å². The molecule has 2 rings (SSSR count). The highest BCUT2D eigenvalue weighted by atomic mass is 127. The largest absolute Gasteiger partial charge is 0.373 e. The number of aliphatic imine (C=N–C) groups is 1. The van der Waals surface area contributed by atoms with E-state index in [1.807, 2.05) is 7.05 Å². The number of aryl methyl sites for hydroxylation is 1. The maximum atomic E-state index is 5.79. The summed E-state index contributed by atoms with van der Waals surface area (Å²) in [6, 6.07) is 6.60. The molecule has 1 heterocycles. The molecule has 1 aliphatic rings. The van der Waals surface area contributed by atoms with Crippen LogP contribution in [0.2, 0.25) is 0 Å². The lowest BCUT2D eigenvalue weighted by Crippen LogP contribution is -2.46. The van der Waals surface area contributed by atoms with Gasteiger partial charge in [-0.05, 0) is 50.6 Å². The molecule has 0 aromatic heterocycles. The number of benzene rings is 1. The number of hydrogen-bond donors (Lipinski definition) is 2. The molecule has 1 saturated heterocycles. The summed E-state index contributed by atoms with van der Waals surface area (Å²) in [5.41, 5.74) is 2.61. The number of nitrogens with zero attached hydrogens (tertiary/aromatic N) is 2. The van der Waals surface area contributed by atoms with E-state index in [4.69, 9.17) is 4.74 Å². The molecule has 5 nitrogen and oxygen atoms in total. The maximum Gasteiger partial charge on any atom is 0.191 e. The molecule has 27 heavy (non-hydrogen) atoms. The Morgan fingerprint density at radius 1 is 1.26 bits per heavy atom. The van der Waals surface area contributed by atoms with Crippen molar-refractivity contribution in [3.8, 4) is 0 Å². The molecule has 2 unspecified atom stereocenters. The zero-order valence-corrected chi connectivity index (χ0v) is 20.4. The lowest BCUT2D eigenvalue weighted by atomic mass is 10.1. The quantitative estimate of drug-likeness (QED) is 0.195. The Labute approximate surface area is 186 Å². The standard InChI is InChI=1S/C20H34N4OS.HI/c1-15-7-8-18(19(11-15)26-5)12-23-20(21-4)22-9-6-10-24-13-16(2)25-17(3)14-24;/h7-8,11,16-17H,6,9-10,12-14H2,1-5H3,(H2,21,22,23);1H. The molecule has 1 aromatic carbocycles. The van der Waals surface area contributed by atoms with Gasteiger partial charge in [-0.15, -0.1) is 35.7 Å². The Bertz CT molecular complexity index is 589. The second-order valence-electron chi connectivity index (χ2n) is 7.04. The fourth-order valence-electron chi connectivity index (χ4n) is 3.37. The van der Waals surface area contributed by atoms with Gasteiger partial charge >= 0.3 is 0 Å². The molecule has 0 bridgehead atoms. The van der Waals surface area contributed by atoms with E-state index in [2.05, 4.69) is 65.8 Å². The molecule has 2 atom stereocenters. The van der Waals surface area contributed by atoms with Gasteiger partial charge < -0.3 is 15.4 Å². The van der Waals surface area contributed by atoms with Crippen molar-refractivity contribution in [2.24, 2.45) is 4.99 Å². The Hall–Kier alpha value is -0.510. The zero-order valence-electron chi connectivity index (χ0n) is 17.2. The number of thioether (sulfide) groups is 1. The van der Waals surface area contributed by atoms with Crippen LogP contribution in [-0.2, 0) is 11.3 Å². The third kappa shape index (κ3) is 8.58. The smallest absolute Gasteiger partial charge is 0.191 e. The highest BCUT2D eigenvalue weighted by Crippen LogP contribution is 2.21. The third-order valence-electron chi connectivity index (χ3n) is 4.55. The summed E-state index contributed by atoms with van der Waals surface area (Å²) < 4.78 is 5.79. The summed E-state index contributed by atoms with van der Waals surface area (Å²) in [7, 11) is 1.82. The van der Waals surface area contributed by atoms with Crippen LogP contribution >= 0.6 is 35.7 Å². The molecule has 0 saturated carbocycles. The summed E-state index contributed by atoms with van der Waals surface area (Å²) in [6.45, 7) is 11.3. The topological polar surface area (TPSA) is 48.9 Å². The summed E-state index contributed by atoms with van der Waals surface area (Å²) >= 11 is 1.79. The summed E-state index contributed by atoms with van der Waals surface area (Å²) in [5, 5.41) is 6.85. The number of hydrogen-bond acceptors (Lipinski definition) is 4. The van der Waals surface area contributed by atoms with Crippen LogP contribution < -0.4 is 10.6 Å². The Morgan fingerprint density at radius 2 is 1.96 bits per heavy atom. The number of rotatable bonds is 7. The second-order valence-corrected chi connectivity index (χ2v) is 7.89. The van der Waals surface area contributed by atoms with Gasteiger partial charge in [0, 0.05) is 44.7 Å². The molecule has 1 aliphatic heterocycles. The van der Waals surface area contributed by atoms with Crippen LogP contribution in [0.25, 0.3) is 0 Å². The van der Waals surface area contributed by atoms with Crippen molar-refractivity contribution in [2.75, 3.05) is 39.5 Å². The van der Waals surface area contributed by atoms with Gasteiger partial charge in [-0.25, -0.2) is 0 Å². The van der Waals surface area contributed by atoms with Gasteiger partial charge in [-0.1, -0.05) is 12.1 Å². The number of guanidine groups is 1. The van der Waals surface area contributed by atoms with Gasteiger partial charge in [0.15, 0.2) is 5.96 Å². The fourth-order valence-corrected chi connectivity index (χ4v) is 4.08. The van der Waals surface area contributed by atoms with E-state index in [-0.39, 0.29) is 24.0 Å². The van der Waals surface area contributed by atoms with Crippen molar-refractivity contribution in [3.63, 3.8) is 0 Å². The molecule has 0 spiro atoms. The molecule has 0 amide bonds. The van der Waals surface area contributed by atoms with Crippen molar-refractivity contribution in [1.82, 2.24) is 15.5 Å².